The van der Waals surface area contributed by atoms with Crippen LogP contribution < -0.4 is 0 Å². The van der Waals surface area contributed by atoms with Gasteiger partial charge in [-0.2, -0.15) is 4.90 Å². The fourth-order valence-corrected chi connectivity index (χ4v) is 2.21. The summed E-state index contributed by atoms with van der Waals surface area (Å²) in [6, 6.07) is -0.837. The fourth-order valence-electron chi connectivity index (χ4n) is 1.31. The fraction of sp³-hybridized carbons (Fsp3) is 0.600. The lowest BCUT2D eigenvalue weighted by Crippen LogP contribution is -2.35. The van der Waals surface area contributed by atoms with E-state index in [2.05, 4.69) is 0 Å². The molecule has 6 nitrogen and oxygen atoms in total. The number of hydrogen-bond donors (Lipinski definition) is 0. The number of rotatable bonds is 4. The van der Waals surface area contributed by atoms with E-state index in [0.29, 0.717) is 10.7 Å². The topological polar surface area (TPSA) is 74.8 Å². The number of nitrogens with zero attached hydrogens (tertiary/aromatic N) is 2. The lowest BCUT2D eigenvalue weighted by atomic mass is 10.4. The maximum absolute atomic E-state index is 11.6. The maximum Gasteiger partial charge on any atom is 0.341 e. The van der Waals surface area contributed by atoms with Gasteiger partial charge in [-0.3, -0.25) is 19.3 Å². The Labute approximate surface area is 103 Å². The van der Waals surface area contributed by atoms with Gasteiger partial charge in [0.25, 0.3) is 5.24 Å². The van der Waals surface area contributed by atoms with Crippen LogP contribution in [0.4, 0.5) is 9.59 Å². The van der Waals surface area contributed by atoms with Crippen LogP contribution in [0.3, 0.4) is 0 Å². The summed E-state index contributed by atoms with van der Waals surface area (Å²) in [7, 11) is 0. The largest absolute Gasteiger partial charge is 0.341 e. The zero-order valence-electron chi connectivity index (χ0n) is 9.76. The summed E-state index contributed by atoms with van der Waals surface area (Å²) in [5.74, 6) is -1.44. The van der Waals surface area contributed by atoms with Crippen LogP contribution in [0.5, 0.6) is 0 Å². The molecule has 0 spiro atoms. The minimum atomic E-state index is -1.05. The van der Waals surface area contributed by atoms with Gasteiger partial charge in [0.2, 0.25) is 0 Å². The summed E-state index contributed by atoms with van der Waals surface area (Å²) in [4.78, 5) is 47.2. The molecule has 7 heteroatoms. The van der Waals surface area contributed by atoms with Crippen LogP contribution in [0.25, 0.3) is 0 Å². The van der Waals surface area contributed by atoms with Gasteiger partial charge in [-0.1, -0.05) is 25.1 Å². The van der Waals surface area contributed by atoms with E-state index in [9.17, 15) is 19.2 Å². The van der Waals surface area contributed by atoms with Gasteiger partial charge in [0, 0.05) is 12.3 Å². The molecule has 0 N–H and O–H groups in total. The molecule has 1 aliphatic heterocycles. The van der Waals surface area contributed by atoms with E-state index in [-0.39, 0.29) is 6.54 Å². The van der Waals surface area contributed by atoms with Crippen molar-refractivity contribution >= 4 is 34.8 Å². The van der Waals surface area contributed by atoms with E-state index < -0.39 is 23.1 Å². The second-order valence-corrected chi connectivity index (χ2v) is 4.49. The van der Waals surface area contributed by atoms with Crippen LogP contribution >= 0.6 is 11.8 Å². The zero-order valence-corrected chi connectivity index (χ0v) is 10.6. The van der Waals surface area contributed by atoms with E-state index in [1.54, 1.807) is 6.92 Å². The molecule has 1 rings (SSSR count). The molecule has 0 aromatic carbocycles. The summed E-state index contributed by atoms with van der Waals surface area (Å²) in [5.41, 5.74) is 0. The quantitative estimate of drug-likeness (QED) is 0.433. The molecule has 17 heavy (non-hydrogen) atoms. The molecule has 94 valence electrons. The Morgan fingerprint density at radius 3 is 2.29 bits per heavy atom. The molecule has 1 aliphatic rings. The highest BCUT2D eigenvalue weighted by Gasteiger charge is 2.47. The molecule has 5 amide bonds. The zero-order chi connectivity index (χ0) is 13.0. The van der Waals surface area contributed by atoms with Crippen molar-refractivity contribution in [1.29, 1.82) is 0 Å². The number of carbonyl (C=O) groups is 4. The van der Waals surface area contributed by atoms with Crippen LogP contribution in [0.1, 0.15) is 26.7 Å². The highest BCUT2D eigenvalue weighted by atomic mass is 32.2. The number of imide groups is 4. The molecule has 1 fully saturated rings. The van der Waals surface area contributed by atoms with E-state index in [1.807, 2.05) is 6.92 Å². The third-order valence-corrected chi connectivity index (χ3v) is 3.20. The second-order valence-electron chi connectivity index (χ2n) is 3.44. The van der Waals surface area contributed by atoms with Crippen LogP contribution in [-0.4, -0.2) is 45.2 Å². The number of amides is 5. The monoisotopic (exact) mass is 258 g/mol. The average Bonchev–Trinajstić information content (AvgIpc) is 2.50. The number of unbranched alkanes of at least 4 members (excludes halogenated alkanes) is 1. The molecule has 0 bridgehead atoms. The van der Waals surface area contributed by atoms with Gasteiger partial charge in [0.15, 0.2) is 0 Å². The van der Waals surface area contributed by atoms with Gasteiger partial charge in [-0.25, -0.2) is 4.79 Å². The molecule has 0 saturated carbocycles. The summed E-state index contributed by atoms with van der Waals surface area (Å²) < 4.78 is 0. The van der Waals surface area contributed by atoms with Gasteiger partial charge in [-0.15, -0.1) is 0 Å². The minimum Gasteiger partial charge on any atom is -0.263 e. The summed E-state index contributed by atoms with van der Waals surface area (Å²) in [5, 5.41) is -0.669. The van der Waals surface area contributed by atoms with Gasteiger partial charge in [-0.05, 0) is 13.3 Å². The summed E-state index contributed by atoms with van der Waals surface area (Å²) in [6.07, 6.45) is 1.74. The second kappa shape index (κ2) is 5.81. The molecule has 0 atom stereocenters. The third kappa shape index (κ3) is 2.66. The standard InChI is InChI=1S/C10H14N2O4S/c1-3-5-6-17-10(16)12-8(14)7(13)11(4-2)9(12)15/h3-6H2,1-2H3. The molecular formula is C10H14N2O4S. The smallest absolute Gasteiger partial charge is 0.263 e. The lowest BCUT2D eigenvalue weighted by Gasteiger charge is -2.11. The number of hydrogen-bond acceptors (Lipinski definition) is 5. The van der Waals surface area contributed by atoms with Crippen LogP contribution in [-0.2, 0) is 9.59 Å². The van der Waals surface area contributed by atoms with E-state index >= 15 is 0 Å². The van der Waals surface area contributed by atoms with Gasteiger partial charge < -0.3 is 0 Å². The van der Waals surface area contributed by atoms with Crippen molar-refractivity contribution in [2.45, 2.75) is 26.7 Å². The number of urea groups is 1. The maximum atomic E-state index is 11.6. The molecule has 0 aliphatic carbocycles. The van der Waals surface area contributed by atoms with E-state index in [1.165, 1.54) is 0 Å². The van der Waals surface area contributed by atoms with Gasteiger partial charge in [0.1, 0.15) is 0 Å². The number of likely N-dealkylation sites (N-methyl/N-ethyl adjacent to an activating group) is 1. The summed E-state index contributed by atoms with van der Waals surface area (Å²) in [6.45, 7) is 3.63. The van der Waals surface area contributed by atoms with Crippen molar-refractivity contribution in [3.05, 3.63) is 0 Å². The highest BCUT2D eigenvalue weighted by molar-refractivity contribution is 8.13. The Bertz CT molecular complexity index is 369. The molecule has 0 aromatic rings. The minimum absolute atomic E-state index is 0.0901. The van der Waals surface area contributed by atoms with Crippen molar-refractivity contribution < 1.29 is 19.2 Å². The SMILES string of the molecule is CCCCSC(=O)N1C(=O)C(=O)N(CC)C1=O. The van der Waals surface area contributed by atoms with Crippen LogP contribution in [0.2, 0.25) is 0 Å². The van der Waals surface area contributed by atoms with E-state index in [4.69, 9.17) is 0 Å². The normalized spacial score (nSPS) is 16.0. The van der Waals surface area contributed by atoms with Gasteiger partial charge in [0.05, 0.1) is 0 Å². The third-order valence-electron chi connectivity index (χ3n) is 2.28. The average molecular weight is 258 g/mol. The Kier molecular flexibility index (Phi) is 4.68. The van der Waals surface area contributed by atoms with Crippen molar-refractivity contribution in [1.82, 2.24) is 9.80 Å². The Morgan fingerprint density at radius 2 is 1.82 bits per heavy atom. The Hall–Kier alpha value is -1.37. The van der Waals surface area contributed by atoms with E-state index in [0.717, 1.165) is 29.5 Å². The molecular weight excluding hydrogens is 244 g/mol. The first kappa shape index (κ1) is 13.7. The summed E-state index contributed by atoms with van der Waals surface area (Å²) >= 11 is 0.887. The molecule has 0 radical (unpaired) electrons. The van der Waals surface area contributed by atoms with Crippen LogP contribution in [0, 0.1) is 0 Å². The predicted octanol–water partition coefficient (Wildman–Crippen LogP) is 1.45. The Morgan fingerprint density at radius 1 is 1.18 bits per heavy atom. The van der Waals surface area contributed by atoms with Crippen molar-refractivity contribution in [3.8, 4) is 0 Å². The molecule has 0 unspecified atom stereocenters. The first-order valence-electron chi connectivity index (χ1n) is 5.41. The Balaban J connectivity index is 2.71. The number of carbonyl (C=O) groups excluding carboxylic acids is 4. The number of thioether (sulfide) groups is 1. The van der Waals surface area contributed by atoms with Crippen molar-refractivity contribution in [2.24, 2.45) is 0 Å². The first-order chi connectivity index (χ1) is 8.04. The molecule has 1 saturated heterocycles. The highest BCUT2D eigenvalue weighted by Crippen LogP contribution is 2.18. The van der Waals surface area contributed by atoms with Crippen molar-refractivity contribution in [3.63, 3.8) is 0 Å². The molecule has 1 heterocycles. The van der Waals surface area contributed by atoms with Gasteiger partial charge >= 0.3 is 17.8 Å². The van der Waals surface area contributed by atoms with Crippen molar-refractivity contribution in [2.75, 3.05) is 12.3 Å². The molecule has 0 aromatic heterocycles. The lowest BCUT2D eigenvalue weighted by molar-refractivity contribution is -0.142. The van der Waals surface area contributed by atoms with Crippen LogP contribution in [0.15, 0.2) is 0 Å². The predicted molar refractivity (Wildman–Crippen MR) is 62.4 cm³/mol. The first-order valence-corrected chi connectivity index (χ1v) is 6.39.